The summed E-state index contributed by atoms with van der Waals surface area (Å²) in [7, 11) is 0. The number of esters is 1. The van der Waals surface area contributed by atoms with Crippen molar-refractivity contribution in [3.63, 3.8) is 0 Å². The van der Waals surface area contributed by atoms with Gasteiger partial charge >= 0.3 is 5.97 Å². The highest BCUT2D eigenvalue weighted by atomic mass is 16.5. The van der Waals surface area contributed by atoms with Crippen molar-refractivity contribution in [2.45, 2.75) is 58.8 Å². The average Bonchev–Trinajstić information content (AvgIpc) is 2.42. The summed E-state index contributed by atoms with van der Waals surface area (Å²) in [6, 6.07) is 0. The highest BCUT2D eigenvalue weighted by Crippen LogP contribution is 2.04. The molecule has 0 rings (SSSR count). The van der Waals surface area contributed by atoms with Crippen LogP contribution in [-0.4, -0.2) is 48.8 Å². The highest BCUT2D eigenvalue weighted by Gasteiger charge is 2.04. The van der Waals surface area contributed by atoms with Gasteiger partial charge in [-0.1, -0.05) is 33.1 Å². The molecule has 0 aliphatic heterocycles. The molecule has 0 aromatic heterocycles. The van der Waals surface area contributed by atoms with Crippen LogP contribution in [0.3, 0.4) is 0 Å². The molecule has 0 saturated carbocycles. The fourth-order valence-electron chi connectivity index (χ4n) is 1.96. The predicted molar refractivity (Wildman–Crippen MR) is 78.2 cm³/mol. The maximum Gasteiger partial charge on any atom is 0.305 e. The molecule has 0 spiro atoms. The van der Waals surface area contributed by atoms with Gasteiger partial charge in [-0.25, -0.2) is 0 Å². The second-order valence-corrected chi connectivity index (χ2v) is 4.90. The zero-order valence-corrected chi connectivity index (χ0v) is 12.7. The van der Waals surface area contributed by atoms with Gasteiger partial charge < -0.3 is 14.7 Å². The summed E-state index contributed by atoms with van der Waals surface area (Å²) in [5.41, 5.74) is 0. The fourth-order valence-corrected chi connectivity index (χ4v) is 1.96. The standard InChI is InChI=1S/C15H31NO3/c1-3-5-9-14-19-15(18)10-7-6-8-11-16(4-2)12-13-17/h17H,3-14H2,1-2H3. The van der Waals surface area contributed by atoms with Crippen LogP contribution in [0.1, 0.15) is 58.8 Å². The van der Waals surface area contributed by atoms with Gasteiger partial charge in [0.05, 0.1) is 13.2 Å². The molecule has 0 heterocycles. The van der Waals surface area contributed by atoms with Gasteiger partial charge in [-0.3, -0.25) is 4.79 Å². The van der Waals surface area contributed by atoms with E-state index in [-0.39, 0.29) is 12.6 Å². The van der Waals surface area contributed by atoms with Crippen molar-refractivity contribution in [1.29, 1.82) is 0 Å². The number of nitrogens with zero attached hydrogens (tertiary/aromatic N) is 1. The molecule has 1 N–H and O–H groups in total. The molecule has 0 unspecified atom stereocenters. The number of unbranched alkanes of at least 4 members (excludes halogenated alkanes) is 4. The Bertz CT molecular complexity index is 210. The number of ether oxygens (including phenoxy) is 1. The van der Waals surface area contributed by atoms with Crippen molar-refractivity contribution in [2.75, 3.05) is 32.8 Å². The molecule has 4 nitrogen and oxygen atoms in total. The van der Waals surface area contributed by atoms with E-state index in [0.29, 0.717) is 13.0 Å². The quantitative estimate of drug-likeness (QED) is 0.414. The predicted octanol–water partition coefficient (Wildman–Crippen LogP) is 2.59. The first-order valence-electron chi connectivity index (χ1n) is 7.73. The Morgan fingerprint density at radius 3 is 2.47 bits per heavy atom. The lowest BCUT2D eigenvalue weighted by Gasteiger charge is -2.18. The molecule has 114 valence electrons. The summed E-state index contributed by atoms with van der Waals surface area (Å²) in [4.78, 5) is 13.6. The minimum atomic E-state index is -0.0567. The number of likely N-dealkylation sites (N-methyl/N-ethyl adjacent to an activating group) is 1. The second-order valence-electron chi connectivity index (χ2n) is 4.90. The summed E-state index contributed by atoms with van der Waals surface area (Å²) in [6.45, 7) is 7.75. The topological polar surface area (TPSA) is 49.8 Å². The summed E-state index contributed by atoms with van der Waals surface area (Å²) in [6.07, 6.45) is 6.84. The van der Waals surface area contributed by atoms with Gasteiger partial charge in [-0.15, -0.1) is 0 Å². The van der Waals surface area contributed by atoms with E-state index < -0.39 is 0 Å². The summed E-state index contributed by atoms with van der Waals surface area (Å²) in [5, 5.41) is 8.86. The van der Waals surface area contributed by atoms with Crippen LogP contribution in [0, 0.1) is 0 Å². The van der Waals surface area contributed by atoms with Crippen LogP contribution >= 0.6 is 0 Å². The molecule has 4 heteroatoms. The van der Waals surface area contributed by atoms with Gasteiger partial charge in [0.25, 0.3) is 0 Å². The van der Waals surface area contributed by atoms with E-state index in [1.54, 1.807) is 0 Å². The molecule has 0 atom stereocenters. The normalized spacial score (nSPS) is 10.9. The molecule has 0 aliphatic rings. The van der Waals surface area contributed by atoms with E-state index in [4.69, 9.17) is 9.84 Å². The molecule has 0 aromatic carbocycles. The van der Waals surface area contributed by atoms with Crippen LogP contribution in [0.15, 0.2) is 0 Å². The zero-order valence-electron chi connectivity index (χ0n) is 12.7. The molecule has 0 bridgehead atoms. The van der Waals surface area contributed by atoms with Crippen molar-refractivity contribution in [3.8, 4) is 0 Å². The lowest BCUT2D eigenvalue weighted by Crippen LogP contribution is -2.27. The van der Waals surface area contributed by atoms with E-state index >= 15 is 0 Å². The molecule has 19 heavy (non-hydrogen) atoms. The molecular weight excluding hydrogens is 242 g/mol. The van der Waals surface area contributed by atoms with Gasteiger partial charge in [0.2, 0.25) is 0 Å². The summed E-state index contributed by atoms with van der Waals surface area (Å²) in [5.74, 6) is -0.0567. The summed E-state index contributed by atoms with van der Waals surface area (Å²) >= 11 is 0. The van der Waals surface area contributed by atoms with Crippen LogP contribution in [0.25, 0.3) is 0 Å². The van der Waals surface area contributed by atoms with Gasteiger partial charge in [0.1, 0.15) is 0 Å². The number of rotatable bonds is 13. The Kier molecular flexibility index (Phi) is 13.4. The van der Waals surface area contributed by atoms with E-state index in [2.05, 4.69) is 18.7 Å². The number of hydrogen-bond donors (Lipinski definition) is 1. The van der Waals surface area contributed by atoms with Gasteiger partial charge in [-0.05, 0) is 32.4 Å². The fraction of sp³-hybridized carbons (Fsp3) is 0.933. The van der Waals surface area contributed by atoms with E-state index in [9.17, 15) is 4.79 Å². The number of hydrogen-bond acceptors (Lipinski definition) is 4. The molecule has 0 aliphatic carbocycles. The van der Waals surface area contributed by atoms with Crippen molar-refractivity contribution in [2.24, 2.45) is 0 Å². The Labute approximate surface area is 118 Å². The zero-order chi connectivity index (χ0) is 14.3. The van der Waals surface area contributed by atoms with Crippen LogP contribution in [0.2, 0.25) is 0 Å². The van der Waals surface area contributed by atoms with E-state index in [0.717, 1.165) is 58.2 Å². The first-order chi connectivity index (χ1) is 9.24. The first-order valence-corrected chi connectivity index (χ1v) is 7.73. The third kappa shape index (κ3) is 12.2. The molecule has 0 radical (unpaired) electrons. The second kappa shape index (κ2) is 13.8. The minimum Gasteiger partial charge on any atom is -0.466 e. The lowest BCUT2D eigenvalue weighted by atomic mass is 10.2. The van der Waals surface area contributed by atoms with Crippen LogP contribution in [-0.2, 0) is 9.53 Å². The molecular formula is C15H31NO3. The first kappa shape index (κ1) is 18.4. The van der Waals surface area contributed by atoms with Crippen molar-refractivity contribution < 1.29 is 14.6 Å². The number of aliphatic hydroxyl groups is 1. The Balaban J connectivity index is 3.35. The maximum atomic E-state index is 11.4. The lowest BCUT2D eigenvalue weighted by molar-refractivity contribution is -0.143. The van der Waals surface area contributed by atoms with Gasteiger partial charge in [-0.2, -0.15) is 0 Å². The smallest absolute Gasteiger partial charge is 0.305 e. The number of carbonyl (C=O) groups excluding carboxylic acids is 1. The number of carbonyl (C=O) groups is 1. The Hall–Kier alpha value is -0.610. The van der Waals surface area contributed by atoms with Gasteiger partial charge in [0.15, 0.2) is 0 Å². The maximum absolute atomic E-state index is 11.4. The monoisotopic (exact) mass is 273 g/mol. The molecule has 0 aromatic rings. The highest BCUT2D eigenvalue weighted by molar-refractivity contribution is 5.69. The SMILES string of the molecule is CCCCCOC(=O)CCCCCN(CC)CCO. The molecule has 0 amide bonds. The van der Waals surface area contributed by atoms with E-state index in [1.165, 1.54) is 0 Å². The molecule has 0 saturated heterocycles. The third-order valence-corrected chi connectivity index (χ3v) is 3.23. The van der Waals surface area contributed by atoms with Crippen molar-refractivity contribution >= 4 is 5.97 Å². The Morgan fingerprint density at radius 2 is 1.84 bits per heavy atom. The summed E-state index contributed by atoms with van der Waals surface area (Å²) < 4.78 is 5.15. The molecule has 0 fully saturated rings. The van der Waals surface area contributed by atoms with Crippen molar-refractivity contribution in [3.05, 3.63) is 0 Å². The van der Waals surface area contributed by atoms with Crippen LogP contribution in [0.4, 0.5) is 0 Å². The van der Waals surface area contributed by atoms with Crippen molar-refractivity contribution in [1.82, 2.24) is 4.90 Å². The van der Waals surface area contributed by atoms with Gasteiger partial charge in [0, 0.05) is 13.0 Å². The Morgan fingerprint density at radius 1 is 1.05 bits per heavy atom. The third-order valence-electron chi connectivity index (χ3n) is 3.23. The van der Waals surface area contributed by atoms with E-state index in [1.807, 2.05) is 0 Å². The number of aliphatic hydroxyl groups excluding tert-OH is 1. The van der Waals surface area contributed by atoms with Crippen LogP contribution < -0.4 is 0 Å². The van der Waals surface area contributed by atoms with Crippen LogP contribution in [0.5, 0.6) is 0 Å². The largest absolute Gasteiger partial charge is 0.466 e. The minimum absolute atomic E-state index is 0.0567. The average molecular weight is 273 g/mol.